The molecule has 0 unspecified atom stereocenters. The first-order chi connectivity index (χ1) is 17.5. The van der Waals surface area contributed by atoms with Gasteiger partial charge in [0.1, 0.15) is 19.5 Å². The summed E-state index contributed by atoms with van der Waals surface area (Å²) in [6.45, 7) is 11.0. The molecule has 3 aromatic rings. The maximum absolute atomic E-state index is 5.94. The van der Waals surface area contributed by atoms with E-state index in [1.54, 1.807) is 0 Å². The number of nitrogens with zero attached hydrogens (tertiary/aromatic N) is 2. The van der Waals surface area contributed by atoms with Crippen molar-refractivity contribution >= 4 is 30.0 Å². The van der Waals surface area contributed by atoms with Crippen molar-refractivity contribution in [2.45, 2.75) is 91.5 Å². The van der Waals surface area contributed by atoms with Crippen LogP contribution in [-0.4, -0.2) is 17.8 Å². The van der Waals surface area contributed by atoms with Gasteiger partial charge in [-0.15, -0.1) is 0 Å². The average Bonchev–Trinajstić information content (AvgIpc) is 2.87. The SMILES string of the molecule is [B]c1cccc(CNc2nc(C)nc3cc(CCCCCCCC/C(C=C)=C/CC)c(CC)cc23)c1. The first-order valence-corrected chi connectivity index (χ1v) is 13.7. The van der Waals surface area contributed by atoms with Crippen LogP contribution in [-0.2, 0) is 19.4 Å². The molecule has 0 aliphatic carbocycles. The smallest absolute Gasteiger partial charge is 0.137 e. The lowest BCUT2D eigenvalue weighted by Crippen LogP contribution is -2.08. The molecular formula is C32H42BN3. The van der Waals surface area contributed by atoms with Gasteiger partial charge in [0.25, 0.3) is 0 Å². The fraction of sp³-hybridized carbons (Fsp3) is 0.438. The van der Waals surface area contributed by atoms with Gasteiger partial charge in [0.15, 0.2) is 0 Å². The average molecular weight is 480 g/mol. The fourth-order valence-corrected chi connectivity index (χ4v) is 4.87. The molecule has 2 aromatic carbocycles. The minimum Gasteiger partial charge on any atom is -0.365 e. The molecule has 188 valence electrons. The summed E-state index contributed by atoms with van der Waals surface area (Å²) in [5, 5.41) is 4.62. The summed E-state index contributed by atoms with van der Waals surface area (Å²) < 4.78 is 0. The lowest BCUT2D eigenvalue weighted by molar-refractivity contribution is 0.593. The monoisotopic (exact) mass is 479 g/mol. The summed E-state index contributed by atoms with van der Waals surface area (Å²) in [4.78, 5) is 9.49. The standard InChI is InChI=1S/C32H42BN3/c1-5-15-25(6-2)16-12-10-8-9-11-13-18-28-22-31-30(21-27(28)7-3)32(36-24(4)35-31)34-23-26-17-14-19-29(33)20-26/h6,14-15,17,19-22H,2,5,7-13,16,18,23H2,1,3-4H3,(H,34,35,36)/b25-15+. The molecule has 1 heterocycles. The van der Waals surface area contributed by atoms with Crippen molar-refractivity contribution in [3.63, 3.8) is 0 Å². The van der Waals surface area contributed by atoms with E-state index in [9.17, 15) is 0 Å². The molecule has 0 spiro atoms. The molecule has 0 aliphatic rings. The normalized spacial score (nSPS) is 11.7. The minimum absolute atomic E-state index is 0.684. The van der Waals surface area contributed by atoms with Gasteiger partial charge in [-0.3, -0.25) is 0 Å². The molecule has 0 saturated carbocycles. The Labute approximate surface area is 220 Å². The number of allylic oxidation sites excluding steroid dienone is 3. The van der Waals surface area contributed by atoms with Gasteiger partial charge < -0.3 is 5.32 Å². The minimum atomic E-state index is 0.684. The number of hydrogen-bond acceptors (Lipinski definition) is 3. The molecule has 0 atom stereocenters. The molecule has 3 nitrogen and oxygen atoms in total. The van der Waals surface area contributed by atoms with E-state index in [2.05, 4.69) is 50.0 Å². The molecule has 0 bridgehead atoms. The van der Waals surface area contributed by atoms with Crippen LogP contribution in [0.4, 0.5) is 5.82 Å². The first-order valence-electron chi connectivity index (χ1n) is 13.7. The van der Waals surface area contributed by atoms with Crippen molar-refractivity contribution in [3.05, 3.63) is 83.2 Å². The number of anilines is 1. The van der Waals surface area contributed by atoms with Crippen molar-refractivity contribution in [3.8, 4) is 0 Å². The molecular weight excluding hydrogens is 437 g/mol. The van der Waals surface area contributed by atoms with Crippen molar-refractivity contribution in [1.82, 2.24) is 9.97 Å². The van der Waals surface area contributed by atoms with Crippen molar-refractivity contribution in [2.24, 2.45) is 0 Å². The molecule has 0 amide bonds. The van der Waals surface area contributed by atoms with E-state index in [0.29, 0.717) is 6.54 Å². The van der Waals surface area contributed by atoms with Gasteiger partial charge in [0, 0.05) is 11.9 Å². The van der Waals surface area contributed by atoms with E-state index in [1.165, 1.54) is 61.6 Å². The van der Waals surface area contributed by atoms with Crippen molar-refractivity contribution in [2.75, 3.05) is 5.32 Å². The maximum atomic E-state index is 5.94. The van der Waals surface area contributed by atoms with Crippen molar-refractivity contribution in [1.29, 1.82) is 0 Å². The van der Waals surface area contributed by atoms with Gasteiger partial charge in [0.2, 0.25) is 0 Å². The number of aromatic nitrogens is 2. The van der Waals surface area contributed by atoms with Gasteiger partial charge in [0.05, 0.1) is 5.52 Å². The van der Waals surface area contributed by atoms with Crippen LogP contribution in [0, 0.1) is 6.92 Å². The summed E-state index contributed by atoms with van der Waals surface area (Å²) in [6, 6.07) is 12.6. The number of benzene rings is 2. The van der Waals surface area contributed by atoms with Gasteiger partial charge in [-0.1, -0.05) is 93.6 Å². The predicted octanol–water partition coefficient (Wildman–Crippen LogP) is 7.70. The number of unbranched alkanes of at least 4 members (excludes halogenated alkanes) is 5. The fourth-order valence-electron chi connectivity index (χ4n) is 4.87. The third-order valence-electron chi connectivity index (χ3n) is 6.81. The lowest BCUT2D eigenvalue weighted by atomic mass is 9.94. The topological polar surface area (TPSA) is 37.8 Å². The quantitative estimate of drug-likeness (QED) is 0.138. The van der Waals surface area contributed by atoms with Crippen LogP contribution in [0.3, 0.4) is 0 Å². The Morgan fingerprint density at radius 1 is 0.972 bits per heavy atom. The molecule has 1 N–H and O–H groups in total. The first kappa shape index (κ1) is 27.7. The van der Waals surface area contributed by atoms with E-state index < -0.39 is 0 Å². The third kappa shape index (κ3) is 8.36. The van der Waals surface area contributed by atoms with Crippen LogP contribution >= 0.6 is 0 Å². The molecule has 1 aromatic heterocycles. The second kappa shape index (κ2) is 14.6. The van der Waals surface area contributed by atoms with Crippen LogP contribution in [0.2, 0.25) is 0 Å². The van der Waals surface area contributed by atoms with Gasteiger partial charge >= 0.3 is 0 Å². The molecule has 0 saturated heterocycles. The summed E-state index contributed by atoms with van der Waals surface area (Å²) >= 11 is 0. The van der Waals surface area contributed by atoms with Crippen LogP contribution in [0.25, 0.3) is 10.9 Å². The predicted molar refractivity (Wildman–Crippen MR) is 157 cm³/mol. The summed E-state index contributed by atoms with van der Waals surface area (Å²) in [6.07, 6.45) is 16.5. The Morgan fingerprint density at radius 3 is 2.47 bits per heavy atom. The Kier molecular flexibility index (Phi) is 11.3. The largest absolute Gasteiger partial charge is 0.365 e. The Hall–Kier alpha value is -2.88. The zero-order valence-electron chi connectivity index (χ0n) is 22.6. The highest BCUT2D eigenvalue weighted by Crippen LogP contribution is 2.27. The van der Waals surface area contributed by atoms with Gasteiger partial charge in [-0.2, -0.15) is 0 Å². The molecule has 3 rings (SSSR count). The third-order valence-corrected chi connectivity index (χ3v) is 6.81. The number of rotatable bonds is 15. The Balaban J connectivity index is 1.56. The number of nitrogens with one attached hydrogen (secondary N) is 1. The van der Waals surface area contributed by atoms with Crippen LogP contribution in [0.15, 0.2) is 60.7 Å². The highest BCUT2D eigenvalue weighted by molar-refractivity contribution is 6.32. The Morgan fingerprint density at radius 2 is 1.75 bits per heavy atom. The van der Waals surface area contributed by atoms with E-state index in [-0.39, 0.29) is 0 Å². The molecule has 36 heavy (non-hydrogen) atoms. The number of fused-ring (bicyclic) bond motifs is 1. The van der Waals surface area contributed by atoms with E-state index in [0.717, 1.165) is 52.8 Å². The molecule has 4 heteroatoms. The lowest BCUT2D eigenvalue weighted by Gasteiger charge is -2.14. The van der Waals surface area contributed by atoms with E-state index >= 15 is 0 Å². The molecule has 2 radical (unpaired) electrons. The van der Waals surface area contributed by atoms with Gasteiger partial charge in [-0.05, 0) is 74.3 Å². The molecule has 0 fully saturated rings. The second-order valence-corrected chi connectivity index (χ2v) is 9.72. The van der Waals surface area contributed by atoms with Crippen LogP contribution in [0.5, 0.6) is 0 Å². The zero-order chi connectivity index (χ0) is 25.8. The highest BCUT2D eigenvalue weighted by Gasteiger charge is 2.11. The van der Waals surface area contributed by atoms with E-state index in [4.69, 9.17) is 17.8 Å². The van der Waals surface area contributed by atoms with Crippen LogP contribution < -0.4 is 10.8 Å². The molecule has 0 aliphatic heterocycles. The van der Waals surface area contributed by atoms with Crippen LogP contribution in [0.1, 0.15) is 87.7 Å². The zero-order valence-corrected chi connectivity index (χ0v) is 22.6. The maximum Gasteiger partial charge on any atom is 0.137 e. The Bertz CT molecular complexity index is 1170. The summed E-state index contributed by atoms with van der Waals surface area (Å²) in [7, 11) is 5.94. The van der Waals surface area contributed by atoms with E-state index in [1.807, 2.05) is 31.2 Å². The number of hydrogen-bond donors (Lipinski definition) is 1. The number of aryl methyl sites for hydroxylation is 3. The van der Waals surface area contributed by atoms with Crippen molar-refractivity contribution < 1.29 is 0 Å². The van der Waals surface area contributed by atoms with Gasteiger partial charge in [-0.25, -0.2) is 9.97 Å². The summed E-state index contributed by atoms with van der Waals surface area (Å²) in [5.41, 5.74) is 7.20. The second-order valence-electron chi connectivity index (χ2n) is 9.72. The highest BCUT2D eigenvalue weighted by atomic mass is 15.0. The summed E-state index contributed by atoms with van der Waals surface area (Å²) in [5.74, 6) is 1.69.